The second kappa shape index (κ2) is 7.47. The van der Waals surface area contributed by atoms with Crippen LogP contribution in [0.2, 0.25) is 0 Å². The zero-order valence-electron chi connectivity index (χ0n) is 13.7. The largest absolute Gasteiger partial charge is 0.373 e. The molecule has 1 aliphatic heterocycles. The van der Waals surface area contributed by atoms with Crippen LogP contribution in [0.25, 0.3) is 0 Å². The minimum Gasteiger partial charge on any atom is -0.373 e. The Labute approximate surface area is 133 Å². The van der Waals surface area contributed by atoms with Crippen LogP contribution < -0.4 is 5.32 Å². The van der Waals surface area contributed by atoms with Crippen LogP contribution in [0.3, 0.4) is 0 Å². The van der Waals surface area contributed by atoms with Crippen molar-refractivity contribution in [2.75, 3.05) is 39.8 Å². The van der Waals surface area contributed by atoms with Gasteiger partial charge in [0.05, 0.1) is 12.7 Å². The molecule has 0 radical (unpaired) electrons. The van der Waals surface area contributed by atoms with Crippen LogP contribution in [0.5, 0.6) is 0 Å². The summed E-state index contributed by atoms with van der Waals surface area (Å²) in [5, 5.41) is 3.14. The third kappa shape index (κ3) is 4.71. The van der Waals surface area contributed by atoms with Gasteiger partial charge in [0, 0.05) is 32.2 Å². The number of hydrogen-bond donors (Lipinski definition) is 1. The number of allylic oxidation sites excluding steroid dienone is 1. The number of nitrogens with one attached hydrogen (secondary N) is 1. The van der Waals surface area contributed by atoms with Crippen molar-refractivity contribution >= 4 is 6.03 Å². The molecule has 5 nitrogen and oxygen atoms in total. The summed E-state index contributed by atoms with van der Waals surface area (Å²) in [5.74, 6) is 0.895. The van der Waals surface area contributed by atoms with Gasteiger partial charge in [0.25, 0.3) is 0 Å². The molecule has 5 heteroatoms. The molecular weight excluding hydrogens is 278 g/mol. The fourth-order valence-corrected chi connectivity index (χ4v) is 3.36. The highest BCUT2D eigenvalue weighted by molar-refractivity contribution is 5.75. The lowest BCUT2D eigenvalue weighted by molar-refractivity contribution is -0.0279. The number of urea groups is 1. The number of carbonyl (C=O) groups is 1. The molecule has 22 heavy (non-hydrogen) atoms. The minimum absolute atomic E-state index is 0.0645. The van der Waals surface area contributed by atoms with Crippen LogP contribution >= 0.6 is 0 Å². The molecule has 0 unspecified atom stereocenters. The van der Waals surface area contributed by atoms with Crippen molar-refractivity contribution in [1.29, 1.82) is 0 Å². The Bertz CT molecular complexity index is 409. The van der Waals surface area contributed by atoms with E-state index in [1.807, 2.05) is 4.90 Å². The van der Waals surface area contributed by atoms with Gasteiger partial charge < -0.3 is 19.9 Å². The van der Waals surface area contributed by atoms with E-state index in [1.54, 1.807) is 0 Å². The van der Waals surface area contributed by atoms with E-state index in [9.17, 15) is 4.79 Å². The predicted octanol–water partition coefficient (Wildman–Crippen LogP) is 1.85. The zero-order chi connectivity index (χ0) is 15.4. The Kier molecular flexibility index (Phi) is 5.37. The van der Waals surface area contributed by atoms with E-state index in [2.05, 4.69) is 29.4 Å². The van der Waals surface area contributed by atoms with E-state index in [1.165, 1.54) is 25.8 Å². The summed E-state index contributed by atoms with van der Waals surface area (Å²) in [4.78, 5) is 16.7. The first kappa shape index (κ1) is 15.8. The third-order valence-corrected chi connectivity index (χ3v) is 4.77. The Balaban J connectivity index is 1.43. The first-order chi connectivity index (χ1) is 10.7. The fraction of sp³-hybridized carbons (Fsp3) is 0.824. The van der Waals surface area contributed by atoms with Crippen molar-refractivity contribution in [2.45, 2.75) is 44.2 Å². The molecule has 2 amide bonds. The SMILES string of the molecule is CN(CC1CC1)C[C@H]1CN(C(=O)N[C@@H]2C=CCCC2)CCO1. The van der Waals surface area contributed by atoms with Crippen molar-refractivity contribution in [1.82, 2.24) is 15.1 Å². The molecule has 124 valence electrons. The minimum atomic E-state index is 0.0645. The number of ether oxygens (including phenoxy) is 1. The fourth-order valence-electron chi connectivity index (χ4n) is 3.36. The quantitative estimate of drug-likeness (QED) is 0.788. The number of rotatable bonds is 5. The second-order valence-corrected chi connectivity index (χ2v) is 7.02. The molecule has 0 aromatic carbocycles. The summed E-state index contributed by atoms with van der Waals surface area (Å²) in [6.07, 6.45) is 10.5. The first-order valence-electron chi connectivity index (χ1n) is 8.73. The van der Waals surface area contributed by atoms with Crippen molar-refractivity contribution in [3.8, 4) is 0 Å². The van der Waals surface area contributed by atoms with Crippen molar-refractivity contribution in [3.63, 3.8) is 0 Å². The Morgan fingerprint density at radius 1 is 1.36 bits per heavy atom. The lowest BCUT2D eigenvalue weighted by Crippen LogP contribution is -2.53. The molecule has 0 aromatic rings. The highest BCUT2D eigenvalue weighted by Gasteiger charge is 2.28. The van der Waals surface area contributed by atoms with Gasteiger partial charge in [-0.25, -0.2) is 4.79 Å². The van der Waals surface area contributed by atoms with Crippen LogP contribution in [-0.4, -0.2) is 67.8 Å². The van der Waals surface area contributed by atoms with Gasteiger partial charge in [0.15, 0.2) is 0 Å². The highest BCUT2D eigenvalue weighted by atomic mass is 16.5. The third-order valence-electron chi connectivity index (χ3n) is 4.77. The van der Waals surface area contributed by atoms with Gasteiger partial charge in [-0.1, -0.05) is 12.2 Å². The lowest BCUT2D eigenvalue weighted by Gasteiger charge is -2.35. The van der Waals surface area contributed by atoms with Crippen molar-refractivity contribution in [2.24, 2.45) is 5.92 Å². The van der Waals surface area contributed by atoms with E-state index < -0.39 is 0 Å². The van der Waals surface area contributed by atoms with Gasteiger partial charge in [-0.15, -0.1) is 0 Å². The van der Waals surface area contributed by atoms with Crippen LogP contribution in [-0.2, 0) is 4.74 Å². The van der Waals surface area contributed by atoms with Gasteiger partial charge in [0.1, 0.15) is 0 Å². The maximum Gasteiger partial charge on any atom is 0.318 e. The molecule has 1 saturated carbocycles. The van der Waals surface area contributed by atoms with Crippen LogP contribution in [0.1, 0.15) is 32.1 Å². The maximum atomic E-state index is 12.4. The lowest BCUT2D eigenvalue weighted by atomic mass is 10.0. The van der Waals surface area contributed by atoms with E-state index in [0.717, 1.165) is 25.3 Å². The standard InChI is InChI=1S/C17H29N3O2/c1-19(11-14-7-8-14)12-16-13-20(9-10-22-16)17(21)18-15-5-3-2-4-6-15/h3,5,14-16H,2,4,6-13H2,1H3,(H,18,21)/t15-,16+/m1/s1. The molecule has 2 atom stereocenters. The smallest absolute Gasteiger partial charge is 0.318 e. The van der Waals surface area contributed by atoms with Gasteiger partial charge in [-0.2, -0.15) is 0 Å². The highest BCUT2D eigenvalue weighted by Crippen LogP contribution is 2.29. The molecule has 1 saturated heterocycles. The van der Waals surface area contributed by atoms with E-state index in [4.69, 9.17) is 4.74 Å². The molecule has 1 heterocycles. The molecule has 0 spiro atoms. The summed E-state index contributed by atoms with van der Waals surface area (Å²) >= 11 is 0. The van der Waals surface area contributed by atoms with Gasteiger partial charge >= 0.3 is 6.03 Å². The Morgan fingerprint density at radius 2 is 2.23 bits per heavy atom. The molecule has 1 N–H and O–H groups in total. The predicted molar refractivity (Wildman–Crippen MR) is 86.8 cm³/mol. The number of nitrogens with zero attached hydrogens (tertiary/aromatic N) is 2. The normalized spacial score (nSPS) is 28.9. The van der Waals surface area contributed by atoms with Crippen LogP contribution in [0.15, 0.2) is 12.2 Å². The van der Waals surface area contributed by atoms with Gasteiger partial charge in [-0.05, 0) is 45.1 Å². The number of carbonyl (C=O) groups excluding carboxylic acids is 1. The molecule has 3 rings (SSSR count). The monoisotopic (exact) mass is 307 g/mol. The number of likely N-dealkylation sites (N-methyl/N-ethyl adjacent to an activating group) is 1. The van der Waals surface area contributed by atoms with Gasteiger partial charge in [-0.3, -0.25) is 0 Å². The summed E-state index contributed by atoms with van der Waals surface area (Å²) < 4.78 is 5.84. The molecule has 0 bridgehead atoms. The van der Waals surface area contributed by atoms with Crippen LogP contribution in [0, 0.1) is 5.92 Å². The van der Waals surface area contributed by atoms with Crippen molar-refractivity contribution < 1.29 is 9.53 Å². The number of morpholine rings is 1. The Hall–Kier alpha value is -1.07. The molecule has 2 fully saturated rings. The zero-order valence-corrected chi connectivity index (χ0v) is 13.7. The number of hydrogen-bond acceptors (Lipinski definition) is 3. The molecule has 2 aliphatic carbocycles. The van der Waals surface area contributed by atoms with E-state index >= 15 is 0 Å². The molecular formula is C17H29N3O2. The van der Waals surface area contributed by atoms with Gasteiger partial charge in [0.2, 0.25) is 0 Å². The summed E-state index contributed by atoms with van der Waals surface area (Å²) in [5.41, 5.74) is 0. The van der Waals surface area contributed by atoms with E-state index in [0.29, 0.717) is 19.7 Å². The van der Waals surface area contributed by atoms with Crippen molar-refractivity contribution in [3.05, 3.63) is 12.2 Å². The second-order valence-electron chi connectivity index (χ2n) is 7.02. The molecule has 3 aliphatic rings. The summed E-state index contributed by atoms with van der Waals surface area (Å²) in [7, 11) is 2.16. The van der Waals surface area contributed by atoms with E-state index in [-0.39, 0.29) is 18.2 Å². The average Bonchev–Trinajstić information content (AvgIpc) is 3.32. The van der Waals surface area contributed by atoms with Crippen LogP contribution in [0.4, 0.5) is 4.79 Å². The average molecular weight is 307 g/mol. The molecule has 0 aromatic heterocycles. The Morgan fingerprint density at radius 3 is 2.95 bits per heavy atom. The topological polar surface area (TPSA) is 44.8 Å². The number of amides is 2. The summed E-state index contributed by atoms with van der Waals surface area (Å²) in [6, 6.07) is 0.273. The first-order valence-corrected chi connectivity index (χ1v) is 8.73. The maximum absolute atomic E-state index is 12.4. The summed E-state index contributed by atoms with van der Waals surface area (Å²) in [6.45, 7) is 4.14.